The molecule has 1 saturated carbocycles. The molecule has 1 aliphatic carbocycles. The number of rotatable bonds is 6. The average Bonchev–Trinajstić information content (AvgIpc) is 3.21. The van der Waals surface area contributed by atoms with E-state index in [1.807, 2.05) is 0 Å². The second kappa shape index (κ2) is 6.37. The minimum Gasteiger partial charge on any atom is -0.392 e. The summed E-state index contributed by atoms with van der Waals surface area (Å²) in [5.74, 6) is 0.890. The van der Waals surface area contributed by atoms with Crippen LogP contribution in [-0.4, -0.2) is 65.5 Å². The molecule has 3 N–H and O–H groups in total. The maximum absolute atomic E-state index is 11.8. The molecule has 5 nitrogen and oxygen atoms in total. The van der Waals surface area contributed by atoms with E-state index in [0.29, 0.717) is 11.5 Å². The topological polar surface area (TPSA) is 61.6 Å². The van der Waals surface area contributed by atoms with Crippen molar-refractivity contribution in [3.05, 3.63) is 0 Å². The Morgan fingerprint density at radius 3 is 2.40 bits per heavy atom. The van der Waals surface area contributed by atoms with E-state index in [-0.39, 0.29) is 11.4 Å². The largest absolute Gasteiger partial charge is 0.392 e. The quantitative estimate of drug-likeness (QED) is 0.686. The molecule has 2 aliphatic rings. The van der Waals surface area contributed by atoms with Crippen LogP contribution in [0.1, 0.15) is 26.7 Å². The lowest BCUT2D eigenvalue weighted by Crippen LogP contribution is -2.59. The summed E-state index contributed by atoms with van der Waals surface area (Å²) in [6.07, 6.45) is 2.54. The third-order valence-corrected chi connectivity index (χ3v) is 4.92. The molecule has 0 aromatic rings. The summed E-state index contributed by atoms with van der Waals surface area (Å²) < 4.78 is 0. The number of hydrogen-bond donors (Lipinski definition) is 2. The third-order valence-electron chi connectivity index (χ3n) is 4.42. The summed E-state index contributed by atoms with van der Waals surface area (Å²) in [4.78, 5) is 16.9. The summed E-state index contributed by atoms with van der Waals surface area (Å²) in [5.41, 5.74) is 5.56. The van der Waals surface area contributed by atoms with E-state index in [2.05, 4.69) is 29.0 Å². The van der Waals surface area contributed by atoms with Gasteiger partial charge in [-0.2, -0.15) is 0 Å². The molecule has 0 spiro atoms. The molecular formula is C14H26N4OS. The first-order valence-electron chi connectivity index (χ1n) is 7.43. The second-order valence-corrected chi connectivity index (χ2v) is 6.87. The summed E-state index contributed by atoms with van der Waals surface area (Å²) in [6.45, 7) is 9.08. The van der Waals surface area contributed by atoms with Crippen LogP contribution in [0, 0.1) is 5.92 Å². The molecule has 1 amide bonds. The highest BCUT2D eigenvalue weighted by Crippen LogP contribution is 2.27. The van der Waals surface area contributed by atoms with Crippen molar-refractivity contribution < 1.29 is 4.79 Å². The third kappa shape index (κ3) is 4.14. The van der Waals surface area contributed by atoms with Crippen LogP contribution in [0.2, 0.25) is 0 Å². The lowest BCUT2D eigenvalue weighted by atomic mass is 10.0. The van der Waals surface area contributed by atoms with Gasteiger partial charge in [-0.3, -0.25) is 14.6 Å². The van der Waals surface area contributed by atoms with Gasteiger partial charge in [0.2, 0.25) is 5.91 Å². The number of nitrogens with two attached hydrogens (primary N) is 1. The maximum Gasteiger partial charge on any atom is 0.234 e. The molecule has 0 bridgehead atoms. The Kier molecular flexibility index (Phi) is 4.99. The van der Waals surface area contributed by atoms with Crippen LogP contribution in [0.3, 0.4) is 0 Å². The molecule has 0 radical (unpaired) electrons. The van der Waals surface area contributed by atoms with E-state index in [9.17, 15) is 4.79 Å². The van der Waals surface area contributed by atoms with Gasteiger partial charge in [0, 0.05) is 32.7 Å². The minimum atomic E-state index is -0.240. The highest BCUT2D eigenvalue weighted by atomic mass is 32.1. The Hall–Kier alpha value is -0.720. The fourth-order valence-corrected chi connectivity index (χ4v) is 2.59. The van der Waals surface area contributed by atoms with Crippen molar-refractivity contribution in [2.24, 2.45) is 11.7 Å². The first kappa shape index (κ1) is 15.7. The molecule has 1 aliphatic heterocycles. The number of carbonyl (C=O) groups is 1. The number of amides is 1. The van der Waals surface area contributed by atoms with Crippen molar-refractivity contribution in [1.82, 2.24) is 15.1 Å². The van der Waals surface area contributed by atoms with Crippen LogP contribution in [0.4, 0.5) is 0 Å². The van der Waals surface area contributed by atoms with E-state index < -0.39 is 0 Å². The Balaban J connectivity index is 1.70. The van der Waals surface area contributed by atoms with Crippen molar-refractivity contribution in [2.45, 2.75) is 32.2 Å². The number of nitrogens with one attached hydrogen (secondary N) is 1. The van der Waals surface area contributed by atoms with Gasteiger partial charge in [0.05, 0.1) is 17.1 Å². The van der Waals surface area contributed by atoms with Gasteiger partial charge in [-0.05, 0) is 32.6 Å². The van der Waals surface area contributed by atoms with Crippen LogP contribution in [0.25, 0.3) is 0 Å². The smallest absolute Gasteiger partial charge is 0.234 e. The highest BCUT2D eigenvalue weighted by Gasteiger charge is 2.32. The van der Waals surface area contributed by atoms with Gasteiger partial charge >= 0.3 is 0 Å². The van der Waals surface area contributed by atoms with Crippen molar-refractivity contribution in [3.63, 3.8) is 0 Å². The van der Waals surface area contributed by atoms with Crippen molar-refractivity contribution in [2.75, 3.05) is 39.3 Å². The Morgan fingerprint density at radius 2 is 1.90 bits per heavy atom. The van der Waals surface area contributed by atoms with Crippen molar-refractivity contribution in [3.8, 4) is 0 Å². The van der Waals surface area contributed by atoms with E-state index in [1.54, 1.807) is 0 Å². The molecule has 1 saturated heterocycles. The molecule has 0 aromatic heterocycles. The molecule has 0 aromatic carbocycles. The van der Waals surface area contributed by atoms with Crippen molar-refractivity contribution >= 4 is 23.1 Å². The van der Waals surface area contributed by atoms with Gasteiger partial charge in [-0.25, -0.2) is 0 Å². The average molecular weight is 298 g/mol. The van der Waals surface area contributed by atoms with Gasteiger partial charge in [-0.15, -0.1) is 0 Å². The number of carbonyl (C=O) groups excluding carboxylic acids is 1. The number of piperazine rings is 1. The lowest BCUT2D eigenvalue weighted by Gasteiger charge is -2.43. The fourth-order valence-electron chi connectivity index (χ4n) is 2.46. The SMILES string of the molecule is CC(C)(C(N)=S)N1CCN(CC(=O)NCC2CC2)CC1. The van der Waals surface area contributed by atoms with Gasteiger partial charge in [0.25, 0.3) is 0 Å². The zero-order chi connectivity index (χ0) is 14.8. The van der Waals surface area contributed by atoms with E-state index >= 15 is 0 Å². The molecule has 2 rings (SSSR count). The number of nitrogens with zero attached hydrogens (tertiary/aromatic N) is 2. The first-order chi connectivity index (χ1) is 9.39. The molecule has 0 atom stereocenters. The lowest BCUT2D eigenvalue weighted by molar-refractivity contribution is -0.122. The van der Waals surface area contributed by atoms with Crippen LogP contribution in [0.5, 0.6) is 0 Å². The van der Waals surface area contributed by atoms with Crippen molar-refractivity contribution in [1.29, 1.82) is 0 Å². The zero-order valence-corrected chi connectivity index (χ0v) is 13.3. The molecular weight excluding hydrogens is 272 g/mol. The summed E-state index contributed by atoms with van der Waals surface area (Å²) in [5, 5.41) is 3.02. The van der Waals surface area contributed by atoms with Gasteiger partial charge < -0.3 is 11.1 Å². The highest BCUT2D eigenvalue weighted by molar-refractivity contribution is 7.80. The van der Waals surface area contributed by atoms with Crippen LogP contribution in [0.15, 0.2) is 0 Å². The zero-order valence-electron chi connectivity index (χ0n) is 12.5. The van der Waals surface area contributed by atoms with Gasteiger partial charge in [0.1, 0.15) is 0 Å². The Morgan fingerprint density at radius 1 is 1.30 bits per heavy atom. The van der Waals surface area contributed by atoms with Crippen LogP contribution < -0.4 is 11.1 Å². The monoisotopic (exact) mass is 298 g/mol. The van der Waals surface area contributed by atoms with Gasteiger partial charge in [0.15, 0.2) is 0 Å². The maximum atomic E-state index is 11.8. The first-order valence-corrected chi connectivity index (χ1v) is 7.84. The van der Waals surface area contributed by atoms with E-state index in [0.717, 1.165) is 38.6 Å². The Labute approximate surface area is 126 Å². The standard InChI is InChI=1S/C14H26N4OS/c1-14(2,13(15)20)18-7-5-17(6-8-18)10-12(19)16-9-11-3-4-11/h11H,3-10H2,1-2H3,(H2,15,20)(H,16,19). The summed E-state index contributed by atoms with van der Waals surface area (Å²) in [6, 6.07) is 0. The van der Waals surface area contributed by atoms with E-state index in [1.165, 1.54) is 12.8 Å². The normalized spacial score (nSPS) is 21.7. The summed E-state index contributed by atoms with van der Waals surface area (Å²) >= 11 is 5.13. The second-order valence-electron chi connectivity index (χ2n) is 6.43. The van der Waals surface area contributed by atoms with Crippen LogP contribution in [-0.2, 0) is 4.79 Å². The Bertz CT molecular complexity index is 373. The molecule has 1 heterocycles. The number of thiocarbonyl (C=S) groups is 1. The molecule has 6 heteroatoms. The fraction of sp³-hybridized carbons (Fsp3) is 0.857. The van der Waals surface area contributed by atoms with Gasteiger partial charge in [-0.1, -0.05) is 12.2 Å². The van der Waals surface area contributed by atoms with E-state index in [4.69, 9.17) is 18.0 Å². The molecule has 20 heavy (non-hydrogen) atoms. The summed E-state index contributed by atoms with van der Waals surface area (Å²) in [7, 11) is 0. The van der Waals surface area contributed by atoms with Crippen LogP contribution >= 0.6 is 12.2 Å². The molecule has 114 valence electrons. The molecule has 0 unspecified atom stereocenters. The number of hydrogen-bond acceptors (Lipinski definition) is 4. The predicted octanol–water partition coefficient (Wildman–Crippen LogP) is 0.195. The minimum absolute atomic E-state index is 0.152. The molecule has 2 fully saturated rings. The predicted molar refractivity (Wildman–Crippen MR) is 84.6 cm³/mol.